The Morgan fingerprint density at radius 1 is 1.32 bits per heavy atom. The zero-order chi connectivity index (χ0) is 13.1. The highest BCUT2D eigenvalue weighted by molar-refractivity contribution is 5.13. The van der Waals surface area contributed by atoms with E-state index in [1.807, 2.05) is 13.3 Å². The summed E-state index contributed by atoms with van der Waals surface area (Å²) in [5, 5.41) is 3.45. The van der Waals surface area contributed by atoms with Gasteiger partial charge in [-0.15, -0.1) is 0 Å². The molecule has 4 nitrogen and oxygen atoms in total. The van der Waals surface area contributed by atoms with Crippen LogP contribution in [0.25, 0.3) is 0 Å². The summed E-state index contributed by atoms with van der Waals surface area (Å²) in [5.74, 6) is 0.606. The van der Waals surface area contributed by atoms with E-state index in [0.717, 1.165) is 45.5 Å². The second kappa shape index (κ2) is 5.65. The third kappa shape index (κ3) is 2.71. The number of hydrogen-bond acceptors (Lipinski definition) is 4. The molecule has 106 valence electrons. The van der Waals surface area contributed by atoms with E-state index in [0.29, 0.717) is 12.0 Å². The van der Waals surface area contributed by atoms with Gasteiger partial charge in [-0.2, -0.15) is 0 Å². The number of hydrogen-bond donors (Lipinski definition) is 1. The molecule has 3 heterocycles. The maximum absolute atomic E-state index is 6.12. The Hall–Kier alpha value is -0.840. The van der Waals surface area contributed by atoms with Crippen molar-refractivity contribution < 1.29 is 13.9 Å². The Bertz CT molecular complexity index is 379. The molecule has 0 bridgehead atoms. The Balaban J connectivity index is 1.73. The Morgan fingerprint density at radius 3 is 2.84 bits per heavy atom. The van der Waals surface area contributed by atoms with E-state index in [1.165, 1.54) is 5.56 Å². The molecule has 4 heteroatoms. The van der Waals surface area contributed by atoms with E-state index in [-0.39, 0.29) is 5.60 Å². The zero-order valence-corrected chi connectivity index (χ0v) is 11.6. The van der Waals surface area contributed by atoms with Crippen LogP contribution in [-0.4, -0.2) is 32.5 Å². The van der Waals surface area contributed by atoms with Crippen molar-refractivity contribution in [3.05, 3.63) is 24.2 Å². The lowest BCUT2D eigenvalue weighted by Gasteiger charge is -2.45. The molecule has 3 rings (SSSR count). The van der Waals surface area contributed by atoms with Gasteiger partial charge in [-0.05, 0) is 44.7 Å². The van der Waals surface area contributed by atoms with E-state index in [2.05, 4.69) is 11.4 Å². The molecule has 2 fully saturated rings. The van der Waals surface area contributed by atoms with Crippen LogP contribution in [-0.2, 0) is 9.47 Å². The Kier molecular flexibility index (Phi) is 3.91. The maximum atomic E-state index is 6.12. The summed E-state index contributed by atoms with van der Waals surface area (Å²) in [4.78, 5) is 0. The molecule has 1 spiro atoms. The largest absolute Gasteiger partial charge is 0.472 e. The van der Waals surface area contributed by atoms with Gasteiger partial charge in [-0.1, -0.05) is 0 Å². The minimum absolute atomic E-state index is 0.0556. The molecule has 2 aliphatic rings. The molecule has 0 amide bonds. The fourth-order valence-corrected chi connectivity index (χ4v) is 3.57. The number of rotatable bonds is 3. The van der Waals surface area contributed by atoms with Crippen LogP contribution >= 0.6 is 0 Å². The van der Waals surface area contributed by atoms with Crippen molar-refractivity contribution in [2.75, 3.05) is 26.9 Å². The number of furan rings is 1. The fourth-order valence-electron chi connectivity index (χ4n) is 3.57. The van der Waals surface area contributed by atoms with Gasteiger partial charge >= 0.3 is 0 Å². The molecule has 2 atom stereocenters. The van der Waals surface area contributed by atoms with Crippen LogP contribution in [0.15, 0.2) is 23.0 Å². The smallest absolute Gasteiger partial charge is 0.0950 e. The van der Waals surface area contributed by atoms with Crippen LogP contribution < -0.4 is 5.32 Å². The molecule has 2 unspecified atom stereocenters. The highest BCUT2D eigenvalue weighted by atomic mass is 16.5. The first kappa shape index (κ1) is 13.2. The summed E-state index contributed by atoms with van der Waals surface area (Å²) < 4.78 is 16.8. The normalized spacial score (nSPS) is 28.4. The standard InChI is InChI=1S/C15H23NO3/c1-16-14(13-2-6-18-11-13)12-3-7-19-15(10-12)4-8-17-9-5-15/h2,6,11-12,14,16H,3-5,7-10H2,1H3. The van der Waals surface area contributed by atoms with Crippen molar-refractivity contribution in [2.45, 2.75) is 37.3 Å². The van der Waals surface area contributed by atoms with Gasteiger partial charge in [0.2, 0.25) is 0 Å². The van der Waals surface area contributed by atoms with E-state index in [9.17, 15) is 0 Å². The molecule has 2 saturated heterocycles. The average Bonchev–Trinajstić information content (AvgIpc) is 2.95. The monoisotopic (exact) mass is 265 g/mol. The van der Waals surface area contributed by atoms with E-state index in [1.54, 1.807) is 6.26 Å². The van der Waals surface area contributed by atoms with E-state index < -0.39 is 0 Å². The van der Waals surface area contributed by atoms with Crippen molar-refractivity contribution in [1.82, 2.24) is 5.32 Å². The quantitative estimate of drug-likeness (QED) is 0.912. The fraction of sp³-hybridized carbons (Fsp3) is 0.733. The summed E-state index contributed by atoms with van der Waals surface area (Å²) in [5.41, 5.74) is 1.30. The summed E-state index contributed by atoms with van der Waals surface area (Å²) in [6, 6.07) is 2.43. The minimum Gasteiger partial charge on any atom is -0.472 e. The maximum Gasteiger partial charge on any atom is 0.0950 e. The molecule has 0 aromatic carbocycles. The van der Waals surface area contributed by atoms with Gasteiger partial charge in [-0.3, -0.25) is 0 Å². The number of nitrogens with one attached hydrogen (secondary N) is 1. The SMILES string of the molecule is CNC(c1ccoc1)C1CCOC2(CCOCC2)C1. The molecular weight excluding hydrogens is 242 g/mol. The van der Waals surface area contributed by atoms with Crippen LogP contribution in [0.2, 0.25) is 0 Å². The minimum atomic E-state index is 0.0556. The summed E-state index contributed by atoms with van der Waals surface area (Å²) in [6.45, 7) is 2.53. The summed E-state index contributed by atoms with van der Waals surface area (Å²) in [7, 11) is 2.03. The van der Waals surface area contributed by atoms with E-state index in [4.69, 9.17) is 13.9 Å². The van der Waals surface area contributed by atoms with Crippen LogP contribution in [0, 0.1) is 5.92 Å². The Morgan fingerprint density at radius 2 is 2.16 bits per heavy atom. The van der Waals surface area contributed by atoms with Gasteiger partial charge in [0.15, 0.2) is 0 Å². The van der Waals surface area contributed by atoms with Crippen molar-refractivity contribution in [3.63, 3.8) is 0 Å². The van der Waals surface area contributed by atoms with Crippen LogP contribution in [0.4, 0.5) is 0 Å². The van der Waals surface area contributed by atoms with Crippen LogP contribution in [0.1, 0.15) is 37.3 Å². The van der Waals surface area contributed by atoms with Crippen molar-refractivity contribution in [2.24, 2.45) is 5.92 Å². The van der Waals surface area contributed by atoms with Crippen molar-refractivity contribution in [3.8, 4) is 0 Å². The lowest BCUT2D eigenvalue weighted by Crippen LogP contribution is -2.46. The lowest BCUT2D eigenvalue weighted by molar-refractivity contribution is -0.150. The molecule has 2 aliphatic heterocycles. The summed E-state index contributed by atoms with van der Waals surface area (Å²) in [6.07, 6.45) is 7.90. The lowest BCUT2D eigenvalue weighted by atomic mass is 9.76. The van der Waals surface area contributed by atoms with Gasteiger partial charge in [-0.25, -0.2) is 0 Å². The summed E-state index contributed by atoms with van der Waals surface area (Å²) >= 11 is 0. The van der Waals surface area contributed by atoms with Gasteiger partial charge in [0.05, 0.1) is 18.1 Å². The van der Waals surface area contributed by atoms with Crippen LogP contribution in [0.5, 0.6) is 0 Å². The predicted molar refractivity (Wildman–Crippen MR) is 72.0 cm³/mol. The van der Waals surface area contributed by atoms with Gasteiger partial charge in [0.25, 0.3) is 0 Å². The zero-order valence-electron chi connectivity index (χ0n) is 11.6. The number of ether oxygens (including phenoxy) is 2. The van der Waals surface area contributed by atoms with Gasteiger partial charge < -0.3 is 19.2 Å². The molecule has 0 saturated carbocycles. The first-order chi connectivity index (χ1) is 9.33. The molecule has 1 aromatic heterocycles. The Labute approximate surface area is 114 Å². The van der Waals surface area contributed by atoms with Crippen molar-refractivity contribution >= 4 is 0 Å². The molecular formula is C15H23NO3. The average molecular weight is 265 g/mol. The first-order valence-corrected chi connectivity index (χ1v) is 7.24. The topological polar surface area (TPSA) is 43.6 Å². The van der Waals surface area contributed by atoms with E-state index >= 15 is 0 Å². The second-order valence-corrected chi connectivity index (χ2v) is 5.72. The van der Waals surface area contributed by atoms with Crippen LogP contribution in [0.3, 0.4) is 0 Å². The highest BCUT2D eigenvalue weighted by Crippen LogP contribution is 2.41. The third-order valence-corrected chi connectivity index (χ3v) is 4.62. The molecule has 1 N–H and O–H groups in total. The first-order valence-electron chi connectivity index (χ1n) is 7.24. The van der Waals surface area contributed by atoms with Gasteiger partial charge in [0, 0.05) is 31.4 Å². The molecule has 0 radical (unpaired) electrons. The molecule has 19 heavy (non-hydrogen) atoms. The molecule has 1 aromatic rings. The third-order valence-electron chi connectivity index (χ3n) is 4.62. The van der Waals surface area contributed by atoms with Crippen molar-refractivity contribution in [1.29, 1.82) is 0 Å². The molecule has 0 aliphatic carbocycles. The second-order valence-electron chi connectivity index (χ2n) is 5.72. The highest BCUT2D eigenvalue weighted by Gasteiger charge is 2.41. The van der Waals surface area contributed by atoms with Gasteiger partial charge in [0.1, 0.15) is 0 Å². The predicted octanol–water partition coefficient (Wildman–Crippen LogP) is 2.52.